The first kappa shape index (κ1) is 14.1. The molecule has 0 bridgehead atoms. The highest BCUT2D eigenvalue weighted by molar-refractivity contribution is 7.14. The largest absolute Gasteiger partial charge is 0.333 e. The van der Waals surface area contributed by atoms with Crippen molar-refractivity contribution >= 4 is 17.2 Å². The minimum Gasteiger partial charge on any atom is -0.333 e. The highest BCUT2D eigenvalue weighted by atomic mass is 32.1. The van der Waals surface area contributed by atoms with Gasteiger partial charge in [-0.25, -0.2) is 0 Å². The number of amides is 1. The summed E-state index contributed by atoms with van der Waals surface area (Å²) in [7, 11) is 0. The zero-order valence-corrected chi connectivity index (χ0v) is 12.3. The van der Waals surface area contributed by atoms with Crippen molar-refractivity contribution in [3.8, 4) is 11.8 Å². The predicted octanol–water partition coefficient (Wildman–Crippen LogP) is 2.46. The molecule has 1 aromatic rings. The van der Waals surface area contributed by atoms with Gasteiger partial charge in [0.05, 0.1) is 16.3 Å². The summed E-state index contributed by atoms with van der Waals surface area (Å²) in [4.78, 5) is 16.3. The van der Waals surface area contributed by atoms with E-state index >= 15 is 0 Å². The molecule has 1 aliphatic heterocycles. The number of hydrogen-bond acceptors (Lipinski definition) is 3. The van der Waals surface area contributed by atoms with Crippen LogP contribution in [0.25, 0.3) is 0 Å². The first-order valence-electron chi connectivity index (χ1n) is 6.75. The lowest BCUT2D eigenvalue weighted by molar-refractivity contribution is 0.0516. The monoisotopic (exact) mass is 276 g/mol. The first-order valence-corrected chi connectivity index (χ1v) is 7.56. The zero-order valence-electron chi connectivity index (χ0n) is 11.5. The number of nitrogens with two attached hydrogens (primary N) is 1. The van der Waals surface area contributed by atoms with Crippen molar-refractivity contribution in [2.45, 2.75) is 45.2 Å². The summed E-state index contributed by atoms with van der Waals surface area (Å²) in [5.41, 5.74) is 5.35. The molecular weight excluding hydrogens is 256 g/mol. The third-order valence-electron chi connectivity index (χ3n) is 3.56. The maximum absolute atomic E-state index is 12.6. The highest BCUT2D eigenvalue weighted by Crippen LogP contribution is 2.26. The highest BCUT2D eigenvalue weighted by Gasteiger charge is 2.30. The Morgan fingerprint density at radius 1 is 1.42 bits per heavy atom. The Morgan fingerprint density at radius 2 is 2.11 bits per heavy atom. The van der Waals surface area contributed by atoms with Crippen LogP contribution in [0, 0.1) is 11.8 Å². The van der Waals surface area contributed by atoms with Gasteiger partial charge in [0, 0.05) is 12.1 Å². The lowest BCUT2D eigenvalue weighted by atomic mass is 9.97. The molecule has 2 atom stereocenters. The molecule has 1 saturated heterocycles. The number of likely N-dealkylation sites (tertiary alicyclic amines) is 1. The van der Waals surface area contributed by atoms with Crippen LogP contribution >= 0.6 is 11.3 Å². The summed E-state index contributed by atoms with van der Waals surface area (Å²) < 4.78 is 0. The molecule has 19 heavy (non-hydrogen) atoms. The molecule has 2 rings (SSSR count). The number of hydrogen-bond donors (Lipinski definition) is 1. The van der Waals surface area contributed by atoms with E-state index in [-0.39, 0.29) is 5.91 Å². The number of nitrogens with zero attached hydrogens (tertiary/aromatic N) is 1. The molecule has 0 saturated carbocycles. The minimum atomic E-state index is 0.144. The van der Waals surface area contributed by atoms with Crippen LogP contribution in [0.15, 0.2) is 12.1 Å². The molecule has 3 nitrogen and oxygen atoms in total. The summed E-state index contributed by atoms with van der Waals surface area (Å²) in [6, 6.07) is 4.44. The molecule has 1 aromatic heterocycles. The van der Waals surface area contributed by atoms with Gasteiger partial charge < -0.3 is 10.6 Å². The second-order valence-electron chi connectivity index (χ2n) is 5.01. The van der Waals surface area contributed by atoms with Crippen molar-refractivity contribution in [1.82, 2.24) is 4.90 Å². The topological polar surface area (TPSA) is 46.3 Å². The van der Waals surface area contributed by atoms with Gasteiger partial charge in [-0.05, 0) is 45.2 Å². The fraction of sp³-hybridized carbons (Fsp3) is 0.533. The number of piperidine rings is 1. The number of carbonyl (C=O) groups excluding carboxylic acids is 1. The van der Waals surface area contributed by atoms with E-state index in [1.165, 1.54) is 17.8 Å². The maximum atomic E-state index is 12.6. The quantitative estimate of drug-likeness (QED) is 0.801. The normalized spacial score (nSPS) is 22.8. The van der Waals surface area contributed by atoms with E-state index in [0.717, 1.165) is 22.6 Å². The van der Waals surface area contributed by atoms with Crippen LogP contribution in [0.5, 0.6) is 0 Å². The summed E-state index contributed by atoms with van der Waals surface area (Å²) in [5.74, 6) is 5.94. The number of carbonyl (C=O) groups is 1. The smallest absolute Gasteiger partial charge is 0.264 e. The van der Waals surface area contributed by atoms with Crippen LogP contribution in [0.1, 0.15) is 47.7 Å². The van der Waals surface area contributed by atoms with Gasteiger partial charge >= 0.3 is 0 Å². The summed E-state index contributed by atoms with van der Waals surface area (Å²) >= 11 is 1.46. The lowest BCUT2D eigenvalue weighted by Gasteiger charge is -2.38. The molecule has 1 aliphatic rings. The van der Waals surface area contributed by atoms with E-state index in [2.05, 4.69) is 25.7 Å². The Bertz CT molecular complexity index is 502. The van der Waals surface area contributed by atoms with E-state index in [1.54, 1.807) is 0 Å². The van der Waals surface area contributed by atoms with Crippen LogP contribution in [-0.4, -0.2) is 29.4 Å². The van der Waals surface area contributed by atoms with Gasteiger partial charge in [-0.2, -0.15) is 0 Å². The van der Waals surface area contributed by atoms with Crippen molar-refractivity contribution < 1.29 is 4.79 Å². The Labute approximate surface area is 118 Å². The van der Waals surface area contributed by atoms with Crippen LogP contribution < -0.4 is 5.73 Å². The van der Waals surface area contributed by atoms with Crippen LogP contribution in [-0.2, 0) is 0 Å². The molecule has 4 heteroatoms. The van der Waals surface area contributed by atoms with Crippen molar-refractivity contribution in [2.75, 3.05) is 6.54 Å². The van der Waals surface area contributed by atoms with Gasteiger partial charge in [-0.3, -0.25) is 4.79 Å². The molecule has 2 heterocycles. The van der Waals surface area contributed by atoms with Gasteiger partial charge in [0.25, 0.3) is 5.91 Å². The van der Waals surface area contributed by atoms with E-state index in [9.17, 15) is 4.79 Å². The molecule has 102 valence electrons. The van der Waals surface area contributed by atoms with Gasteiger partial charge in [0.1, 0.15) is 0 Å². The van der Waals surface area contributed by atoms with E-state index in [1.807, 2.05) is 17.0 Å². The molecule has 0 aliphatic carbocycles. The Balaban J connectivity index is 2.16. The minimum absolute atomic E-state index is 0.144. The summed E-state index contributed by atoms with van der Waals surface area (Å²) in [6.45, 7) is 4.62. The van der Waals surface area contributed by atoms with E-state index in [0.29, 0.717) is 18.6 Å². The van der Waals surface area contributed by atoms with Gasteiger partial charge in [-0.15, -0.1) is 11.3 Å². The zero-order chi connectivity index (χ0) is 13.8. The third-order valence-corrected chi connectivity index (χ3v) is 4.55. The van der Waals surface area contributed by atoms with Gasteiger partial charge in [0.15, 0.2) is 0 Å². The Morgan fingerprint density at radius 3 is 2.74 bits per heavy atom. The fourth-order valence-corrected chi connectivity index (χ4v) is 3.43. The molecule has 1 amide bonds. The molecular formula is C15H20N2OS. The predicted molar refractivity (Wildman–Crippen MR) is 79.2 cm³/mol. The molecule has 0 aromatic carbocycles. The van der Waals surface area contributed by atoms with Gasteiger partial charge in [-0.1, -0.05) is 11.8 Å². The van der Waals surface area contributed by atoms with Crippen molar-refractivity contribution in [3.05, 3.63) is 21.9 Å². The fourth-order valence-electron chi connectivity index (χ4n) is 2.61. The van der Waals surface area contributed by atoms with E-state index in [4.69, 9.17) is 5.73 Å². The summed E-state index contributed by atoms with van der Waals surface area (Å²) in [6.07, 6.45) is 3.41. The Kier molecular flexibility index (Phi) is 4.62. The average Bonchev–Trinajstić information content (AvgIpc) is 2.84. The number of rotatable bonds is 1. The lowest BCUT2D eigenvalue weighted by Crippen LogP contribution is -2.47. The van der Waals surface area contributed by atoms with Crippen LogP contribution in [0.3, 0.4) is 0 Å². The summed E-state index contributed by atoms with van der Waals surface area (Å²) in [5, 5.41) is 0. The maximum Gasteiger partial charge on any atom is 0.264 e. The van der Waals surface area contributed by atoms with E-state index < -0.39 is 0 Å². The molecule has 1 fully saturated rings. The second kappa shape index (κ2) is 6.23. The van der Waals surface area contributed by atoms with Crippen molar-refractivity contribution in [2.24, 2.45) is 5.73 Å². The molecule has 2 N–H and O–H groups in total. The van der Waals surface area contributed by atoms with Gasteiger partial charge in [0.2, 0.25) is 0 Å². The van der Waals surface area contributed by atoms with Crippen LogP contribution in [0.4, 0.5) is 0 Å². The standard InChI is InChI=1S/C15H20N2OS/c1-11-5-3-6-12(2)17(11)15(18)14-9-8-13(19-14)7-4-10-16/h8-9,11-12H,3,5-6,10,16H2,1-2H3. The average molecular weight is 276 g/mol. The first-order chi connectivity index (χ1) is 9.13. The SMILES string of the molecule is CC1CCCC(C)N1C(=O)c1ccc(C#CCN)s1. The number of thiophene rings is 1. The molecule has 0 radical (unpaired) electrons. The van der Waals surface area contributed by atoms with Crippen LogP contribution in [0.2, 0.25) is 0 Å². The second-order valence-corrected chi connectivity index (χ2v) is 6.09. The Hall–Kier alpha value is -1.31. The molecule has 0 spiro atoms. The van der Waals surface area contributed by atoms with Crippen molar-refractivity contribution in [1.29, 1.82) is 0 Å². The molecule has 2 unspecified atom stereocenters. The third kappa shape index (κ3) is 3.17. The van der Waals surface area contributed by atoms with Crippen molar-refractivity contribution in [3.63, 3.8) is 0 Å².